The third kappa shape index (κ3) is 3.72. The van der Waals surface area contributed by atoms with E-state index >= 15 is 0 Å². The summed E-state index contributed by atoms with van der Waals surface area (Å²) in [5.41, 5.74) is -0.137. The lowest BCUT2D eigenvalue weighted by Gasteiger charge is -2.26. The van der Waals surface area contributed by atoms with Gasteiger partial charge in [-0.1, -0.05) is 84.4 Å². The van der Waals surface area contributed by atoms with E-state index in [1.54, 1.807) is 72.8 Å². The van der Waals surface area contributed by atoms with Gasteiger partial charge in [0.05, 0.1) is 0 Å². The molecule has 0 N–H and O–H groups in total. The van der Waals surface area contributed by atoms with Gasteiger partial charge >= 0.3 is 0 Å². The summed E-state index contributed by atoms with van der Waals surface area (Å²) in [5, 5.41) is 13.2. The highest BCUT2D eigenvalue weighted by Crippen LogP contribution is 2.57. The fourth-order valence-corrected chi connectivity index (χ4v) is 6.39. The second-order valence-corrected chi connectivity index (χ2v) is 9.32. The predicted molar refractivity (Wildman–Crippen MR) is 106 cm³/mol. The number of nitrogens with zero attached hydrogens (tertiary/aromatic N) is 1. The maximum atomic E-state index is 14.4. The smallest absolute Gasteiger partial charge is 0.218 e. The molecule has 26 heavy (non-hydrogen) atoms. The first-order valence-electron chi connectivity index (χ1n) is 8.10. The van der Waals surface area contributed by atoms with Crippen molar-refractivity contribution in [2.45, 2.75) is 5.66 Å². The van der Waals surface area contributed by atoms with Gasteiger partial charge in [-0.05, 0) is 17.7 Å². The Bertz CT molecular complexity index is 887. The summed E-state index contributed by atoms with van der Waals surface area (Å²) >= 11 is 5.97. The minimum absolute atomic E-state index is 0.405. The summed E-state index contributed by atoms with van der Waals surface area (Å²) in [7, 11) is -3.31. The molecule has 0 aromatic heterocycles. The van der Waals surface area contributed by atoms with E-state index < -0.39 is 24.3 Å². The van der Waals surface area contributed by atoms with Gasteiger partial charge in [0.1, 0.15) is 5.66 Å². The van der Waals surface area contributed by atoms with Crippen LogP contribution in [-0.4, -0.2) is 11.5 Å². The van der Waals surface area contributed by atoms with Crippen LogP contribution in [0, 0.1) is 10.1 Å². The van der Waals surface area contributed by atoms with Crippen LogP contribution >= 0.6 is 18.7 Å². The molecule has 0 aliphatic heterocycles. The molecule has 3 rings (SSSR count). The van der Waals surface area contributed by atoms with E-state index in [9.17, 15) is 14.7 Å². The molecule has 0 unspecified atom stereocenters. The van der Waals surface area contributed by atoms with Crippen molar-refractivity contribution in [1.82, 2.24) is 0 Å². The quantitative estimate of drug-likeness (QED) is 0.352. The van der Waals surface area contributed by atoms with Gasteiger partial charge in [-0.15, -0.1) is 0 Å². The second-order valence-electron chi connectivity index (χ2n) is 5.91. The molecule has 3 aromatic rings. The maximum absolute atomic E-state index is 14.4. The Hall–Kier alpha value is -2.42. The SMILES string of the molecule is O=[N+]([O-])C[C@H](c1ccc(Cl)cc1)P(=O)(c1ccccc1)c1ccccc1. The summed E-state index contributed by atoms with van der Waals surface area (Å²) in [6, 6.07) is 24.8. The highest BCUT2D eigenvalue weighted by molar-refractivity contribution is 7.79. The average molecular weight is 386 g/mol. The van der Waals surface area contributed by atoms with Crippen LogP contribution in [0.15, 0.2) is 84.9 Å². The molecule has 0 aliphatic carbocycles. The van der Waals surface area contributed by atoms with Crippen LogP contribution in [0.2, 0.25) is 5.02 Å². The van der Waals surface area contributed by atoms with Gasteiger partial charge < -0.3 is 4.57 Å². The molecule has 0 bridgehead atoms. The molecule has 0 heterocycles. The molecule has 6 heteroatoms. The third-order valence-electron chi connectivity index (χ3n) is 4.30. The number of hydrogen-bond donors (Lipinski definition) is 0. The van der Waals surface area contributed by atoms with Crippen molar-refractivity contribution in [2.24, 2.45) is 0 Å². The molecule has 0 radical (unpaired) electrons. The zero-order valence-electron chi connectivity index (χ0n) is 13.9. The van der Waals surface area contributed by atoms with Crippen molar-refractivity contribution in [3.63, 3.8) is 0 Å². The lowest BCUT2D eigenvalue weighted by atomic mass is 10.1. The topological polar surface area (TPSA) is 60.2 Å². The number of hydrogen-bond acceptors (Lipinski definition) is 3. The van der Waals surface area contributed by atoms with E-state index in [4.69, 9.17) is 11.6 Å². The molecule has 0 spiro atoms. The molecule has 0 saturated heterocycles. The van der Waals surface area contributed by atoms with Crippen LogP contribution < -0.4 is 10.6 Å². The molecule has 0 fully saturated rings. The average Bonchev–Trinajstić information content (AvgIpc) is 2.67. The molecule has 0 amide bonds. The summed E-state index contributed by atoms with van der Waals surface area (Å²) in [6.45, 7) is -0.428. The fraction of sp³-hybridized carbons (Fsp3) is 0.100. The summed E-state index contributed by atoms with van der Waals surface area (Å²) in [5.74, 6) is 0. The number of benzene rings is 3. The molecular weight excluding hydrogens is 369 g/mol. The standard InChI is InChI=1S/C20H17ClNO3P/c21-17-13-11-16(12-14-17)20(15-22(23)24)26(25,18-7-3-1-4-8-18)19-9-5-2-6-10-19/h1-14,20H,15H2/t20-/m1/s1. The molecule has 0 aliphatic rings. The van der Waals surface area contributed by atoms with Gasteiger partial charge in [0.2, 0.25) is 6.54 Å². The first-order valence-corrected chi connectivity index (χ1v) is 10.3. The summed E-state index contributed by atoms with van der Waals surface area (Å²) in [4.78, 5) is 11.0. The van der Waals surface area contributed by atoms with Gasteiger partial charge in [-0.2, -0.15) is 0 Å². The molecule has 132 valence electrons. The van der Waals surface area contributed by atoms with Gasteiger partial charge in [0.15, 0.2) is 7.14 Å². The van der Waals surface area contributed by atoms with Crippen LogP contribution in [0.4, 0.5) is 0 Å². The Morgan fingerprint density at radius 1 is 0.846 bits per heavy atom. The van der Waals surface area contributed by atoms with Crippen molar-refractivity contribution in [3.05, 3.63) is 106 Å². The first-order chi connectivity index (χ1) is 12.5. The summed E-state index contributed by atoms with van der Waals surface area (Å²) in [6.07, 6.45) is 0. The van der Waals surface area contributed by atoms with Crippen LogP contribution in [0.1, 0.15) is 11.2 Å². The second kappa shape index (κ2) is 7.86. The Labute approximate surface area is 157 Å². The Morgan fingerprint density at radius 3 is 1.73 bits per heavy atom. The third-order valence-corrected chi connectivity index (χ3v) is 8.02. The molecule has 1 atom stereocenters. The van der Waals surface area contributed by atoms with E-state index in [1.807, 2.05) is 12.1 Å². The van der Waals surface area contributed by atoms with Crippen molar-refractivity contribution >= 4 is 29.4 Å². The zero-order chi connectivity index (χ0) is 18.6. The van der Waals surface area contributed by atoms with Crippen LogP contribution in [0.25, 0.3) is 0 Å². The van der Waals surface area contributed by atoms with E-state index in [0.29, 0.717) is 21.2 Å². The van der Waals surface area contributed by atoms with Crippen LogP contribution in [0.5, 0.6) is 0 Å². The van der Waals surface area contributed by atoms with Gasteiger partial charge in [-0.3, -0.25) is 10.1 Å². The minimum Gasteiger partial charge on any atom is -0.313 e. The summed E-state index contributed by atoms with van der Waals surface area (Å²) < 4.78 is 14.4. The predicted octanol–water partition coefficient (Wildman–Crippen LogP) is 4.67. The lowest BCUT2D eigenvalue weighted by Crippen LogP contribution is -2.25. The molecular formula is C20H17ClNO3P. The number of rotatable bonds is 6. The minimum atomic E-state index is -3.31. The van der Waals surface area contributed by atoms with Gasteiger partial charge in [-0.25, -0.2) is 0 Å². The van der Waals surface area contributed by atoms with E-state index in [1.165, 1.54) is 0 Å². The van der Waals surface area contributed by atoms with Gasteiger partial charge in [0.25, 0.3) is 0 Å². The van der Waals surface area contributed by atoms with Crippen molar-refractivity contribution in [3.8, 4) is 0 Å². The fourth-order valence-electron chi connectivity index (χ4n) is 3.06. The van der Waals surface area contributed by atoms with Crippen LogP contribution in [0.3, 0.4) is 0 Å². The Kier molecular flexibility index (Phi) is 5.55. The van der Waals surface area contributed by atoms with Crippen molar-refractivity contribution < 1.29 is 9.49 Å². The first kappa shape index (κ1) is 18.4. The Balaban J connectivity index is 2.24. The van der Waals surface area contributed by atoms with E-state index in [0.717, 1.165) is 0 Å². The Morgan fingerprint density at radius 2 is 1.31 bits per heavy atom. The molecule has 4 nitrogen and oxygen atoms in total. The lowest BCUT2D eigenvalue weighted by molar-refractivity contribution is -0.480. The normalized spacial score (nSPS) is 12.5. The molecule has 3 aromatic carbocycles. The highest BCUT2D eigenvalue weighted by Gasteiger charge is 2.40. The monoisotopic (exact) mass is 385 g/mol. The van der Waals surface area contributed by atoms with E-state index in [-0.39, 0.29) is 0 Å². The number of halogens is 1. The van der Waals surface area contributed by atoms with Crippen LogP contribution in [-0.2, 0) is 4.57 Å². The largest absolute Gasteiger partial charge is 0.313 e. The highest BCUT2D eigenvalue weighted by atomic mass is 35.5. The zero-order valence-corrected chi connectivity index (χ0v) is 15.5. The maximum Gasteiger partial charge on any atom is 0.218 e. The van der Waals surface area contributed by atoms with Gasteiger partial charge in [0, 0.05) is 20.6 Å². The number of nitro groups is 1. The van der Waals surface area contributed by atoms with E-state index in [2.05, 4.69) is 0 Å². The van der Waals surface area contributed by atoms with Crippen molar-refractivity contribution in [2.75, 3.05) is 6.54 Å². The van der Waals surface area contributed by atoms with Crippen molar-refractivity contribution in [1.29, 1.82) is 0 Å². The molecule has 0 saturated carbocycles.